The highest BCUT2D eigenvalue weighted by Crippen LogP contribution is 2.41. The zero-order chi connectivity index (χ0) is 18.7. The topological polar surface area (TPSA) is 58.5 Å². The predicted octanol–water partition coefficient (Wildman–Crippen LogP) is 4.90. The Labute approximate surface area is 165 Å². The number of methoxy groups -OCH3 is 2. The van der Waals surface area contributed by atoms with E-state index >= 15 is 0 Å². The molecule has 0 aliphatic heterocycles. The minimum Gasteiger partial charge on any atom is -0.493 e. The van der Waals surface area contributed by atoms with Crippen molar-refractivity contribution in [1.82, 2.24) is 0 Å². The molecule has 0 aliphatic carbocycles. The predicted molar refractivity (Wildman–Crippen MR) is 106 cm³/mol. The normalized spacial score (nSPS) is 9.84. The molecule has 0 saturated carbocycles. The fourth-order valence-electron chi connectivity index (χ4n) is 1.75. The number of hydrogen-bond donors (Lipinski definition) is 0. The Morgan fingerprint density at radius 1 is 1.04 bits per heavy atom. The number of nitrogens with zero attached hydrogens (tertiary/aromatic N) is 1. The number of halogens is 2. The van der Waals surface area contributed by atoms with Gasteiger partial charge in [0.2, 0.25) is 5.75 Å². The second kappa shape index (κ2) is 12.0. The Bertz CT molecular complexity index is 572. The summed E-state index contributed by atoms with van der Waals surface area (Å²) in [5, 5.41) is 3.87. The van der Waals surface area contributed by atoms with Crippen LogP contribution >= 0.6 is 31.9 Å². The summed E-state index contributed by atoms with van der Waals surface area (Å²) in [6.45, 7) is 5.08. The first-order chi connectivity index (χ1) is 12.0. The van der Waals surface area contributed by atoms with E-state index in [1.54, 1.807) is 26.4 Å². The van der Waals surface area contributed by atoms with E-state index in [0.717, 1.165) is 9.10 Å². The molecule has 0 aromatic heterocycles. The van der Waals surface area contributed by atoms with Crippen LogP contribution in [0.3, 0.4) is 0 Å². The highest BCUT2D eigenvalue weighted by atomic mass is 79.9. The van der Waals surface area contributed by atoms with E-state index in [9.17, 15) is 0 Å². The molecule has 0 unspecified atom stereocenters. The van der Waals surface area contributed by atoms with Gasteiger partial charge in [0.25, 0.3) is 0 Å². The van der Waals surface area contributed by atoms with Crippen LogP contribution in [0.4, 0.5) is 0 Å². The number of benzene rings is 1. The maximum Gasteiger partial charge on any atom is 0.203 e. The standard InChI is InChI=1S/C17H23Br2NO5/c1-12(2)20-25-8-5-7-24-17-14(21-3)10-13(11-15(17)22-4)23-9-6-16(18)19/h6,10-11H,5,7-9H2,1-4H3. The highest BCUT2D eigenvalue weighted by Gasteiger charge is 2.15. The maximum atomic E-state index is 5.79. The molecule has 0 aliphatic rings. The molecule has 140 valence electrons. The van der Waals surface area contributed by atoms with E-state index in [1.807, 2.05) is 19.9 Å². The molecule has 0 radical (unpaired) electrons. The summed E-state index contributed by atoms with van der Waals surface area (Å²) in [6.07, 6.45) is 2.52. The summed E-state index contributed by atoms with van der Waals surface area (Å²) in [7, 11) is 3.14. The maximum absolute atomic E-state index is 5.79. The van der Waals surface area contributed by atoms with Gasteiger partial charge in [0, 0.05) is 18.6 Å². The van der Waals surface area contributed by atoms with Crippen molar-refractivity contribution in [2.24, 2.45) is 5.16 Å². The van der Waals surface area contributed by atoms with Crippen LogP contribution in [0.25, 0.3) is 0 Å². The highest BCUT2D eigenvalue weighted by molar-refractivity contribution is 9.28. The van der Waals surface area contributed by atoms with Gasteiger partial charge in [-0.15, -0.1) is 0 Å². The van der Waals surface area contributed by atoms with E-state index in [-0.39, 0.29) is 0 Å². The van der Waals surface area contributed by atoms with E-state index in [4.69, 9.17) is 23.8 Å². The van der Waals surface area contributed by atoms with Crippen LogP contribution in [0.15, 0.2) is 26.8 Å². The lowest BCUT2D eigenvalue weighted by atomic mass is 10.2. The van der Waals surface area contributed by atoms with E-state index in [1.165, 1.54) is 0 Å². The monoisotopic (exact) mass is 479 g/mol. The number of rotatable bonds is 11. The molecular weight excluding hydrogens is 458 g/mol. The van der Waals surface area contributed by atoms with Gasteiger partial charge < -0.3 is 23.8 Å². The summed E-state index contributed by atoms with van der Waals surface area (Å²) < 4.78 is 23.1. The van der Waals surface area contributed by atoms with Gasteiger partial charge in [-0.05, 0) is 51.8 Å². The van der Waals surface area contributed by atoms with E-state index < -0.39 is 0 Å². The van der Waals surface area contributed by atoms with Crippen LogP contribution in [0.5, 0.6) is 23.0 Å². The van der Waals surface area contributed by atoms with Crippen molar-refractivity contribution in [3.8, 4) is 23.0 Å². The molecular formula is C17H23Br2NO5. The van der Waals surface area contributed by atoms with Crippen molar-refractivity contribution in [3.63, 3.8) is 0 Å². The van der Waals surface area contributed by atoms with Crippen molar-refractivity contribution in [2.45, 2.75) is 20.3 Å². The Balaban J connectivity index is 2.71. The average Bonchev–Trinajstić information content (AvgIpc) is 2.57. The molecule has 1 aromatic rings. The van der Waals surface area contributed by atoms with Crippen molar-refractivity contribution in [1.29, 1.82) is 0 Å². The van der Waals surface area contributed by atoms with Gasteiger partial charge in [-0.3, -0.25) is 0 Å². The number of hydrogen-bond acceptors (Lipinski definition) is 6. The van der Waals surface area contributed by atoms with Gasteiger partial charge in [-0.25, -0.2) is 0 Å². The molecule has 25 heavy (non-hydrogen) atoms. The second-order valence-electron chi connectivity index (χ2n) is 5.04. The van der Waals surface area contributed by atoms with E-state index in [0.29, 0.717) is 49.2 Å². The van der Waals surface area contributed by atoms with Crippen LogP contribution in [-0.2, 0) is 4.84 Å². The smallest absolute Gasteiger partial charge is 0.203 e. The summed E-state index contributed by atoms with van der Waals surface area (Å²) in [5.41, 5.74) is 0.877. The molecule has 0 spiro atoms. The fourth-order valence-corrected chi connectivity index (χ4v) is 2.02. The molecule has 1 rings (SSSR count). The molecule has 0 heterocycles. The van der Waals surface area contributed by atoms with Crippen LogP contribution in [0, 0.1) is 0 Å². The molecule has 1 aromatic carbocycles. The van der Waals surface area contributed by atoms with Gasteiger partial charge in [-0.2, -0.15) is 0 Å². The average molecular weight is 481 g/mol. The quantitative estimate of drug-likeness (QED) is 0.256. The van der Waals surface area contributed by atoms with Crippen LogP contribution in [0.2, 0.25) is 0 Å². The number of ether oxygens (including phenoxy) is 4. The van der Waals surface area contributed by atoms with Crippen LogP contribution < -0.4 is 18.9 Å². The molecule has 0 amide bonds. The van der Waals surface area contributed by atoms with Crippen LogP contribution in [0.1, 0.15) is 20.3 Å². The zero-order valence-corrected chi connectivity index (χ0v) is 18.0. The first-order valence-electron chi connectivity index (χ1n) is 7.63. The lowest BCUT2D eigenvalue weighted by Crippen LogP contribution is -2.05. The third kappa shape index (κ3) is 8.49. The number of oxime groups is 1. The van der Waals surface area contributed by atoms with Gasteiger partial charge >= 0.3 is 0 Å². The summed E-state index contributed by atoms with van der Waals surface area (Å²) in [4.78, 5) is 5.14. The Hall–Kier alpha value is -1.41. The van der Waals surface area contributed by atoms with Crippen molar-refractivity contribution in [2.75, 3.05) is 34.0 Å². The van der Waals surface area contributed by atoms with Gasteiger partial charge in [-0.1, -0.05) is 5.16 Å². The second-order valence-corrected chi connectivity index (χ2v) is 7.81. The molecule has 0 fully saturated rings. The van der Waals surface area contributed by atoms with Crippen LogP contribution in [-0.4, -0.2) is 39.8 Å². The van der Waals surface area contributed by atoms with Crippen molar-refractivity contribution < 1.29 is 23.8 Å². The lowest BCUT2D eigenvalue weighted by Gasteiger charge is -2.16. The third-order valence-corrected chi connectivity index (χ3v) is 3.44. The summed E-state index contributed by atoms with van der Waals surface area (Å²) in [5.74, 6) is 2.23. The SMILES string of the molecule is COc1cc(OCC=C(Br)Br)cc(OC)c1OCCCON=C(C)C. The molecule has 8 heteroatoms. The first kappa shape index (κ1) is 21.6. The minimum atomic E-state index is 0.396. The summed E-state index contributed by atoms with van der Waals surface area (Å²) >= 11 is 6.56. The lowest BCUT2D eigenvalue weighted by molar-refractivity contribution is 0.126. The largest absolute Gasteiger partial charge is 0.493 e. The van der Waals surface area contributed by atoms with Crippen molar-refractivity contribution in [3.05, 3.63) is 21.6 Å². The Morgan fingerprint density at radius 3 is 2.20 bits per heavy atom. The van der Waals surface area contributed by atoms with Gasteiger partial charge in [0.15, 0.2) is 11.5 Å². The molecule has 0 N–H and O–H groups in total. The van der Waals surface area contributed by atoms with Gasteiger partial charge in [0.05, 0.1) is 29.9 Å². The van der Waals surface area contributed by atoms with Gasteiger partial charge in [0.1, 0.15) is 19.0 Å². The summed E-state index contributed by atoms with van der Waals surface area (Å²) in [6, 6.07) is 3.52. The third-order valence-electron chi connectivity index (χ3n) is 2.80. The zero-order valence-electron chi connectivity index (χ0n) is 14.8. The fraction of sp³-hybridized carbons (Fsp3) is 0.471. The Morgan fingerprint density at radius 2 is 1.68 bits per heavy atom. The molecule has 0 bridgehead atoms. The van der Waals surface area contributed by atoms with Crippen molar-refractivity contribution >= 4 is 37.6 Å². The minimum absolute atomic E-state index is 0.396. The Kier molecular flexibility index (Phi) is 10.4. The molecule has 0 atom stereocenters. The molecule has 6 nitrogen and oxygen atoms in total. The molecule has 0 saturated heterocycles. The first-order valence-corrected chi connectivity index (χ1v) is 9.22. The van der Waals surface area contributed by atoms with E-state index in [2.05, 4.69) is 37.0 Å².